The average Bonchev–Trinajstić information content (AvgIpc) is 3.22. The number of nitrogens with zero attached hydrogens (tertiary/aromatic N) is 2. The minimum atomic E-state index is -1.17. The molecule has 2 aromatic carbocycles. The van der Waals surface area contributed by atoms with E-state index in [1.165, 1.54) is 29.2 Å². The molecule has 0 aliphatic rings. The fourth-order valence-electron chi connectivity index (χ4n) is 3.45. The van der Waals surface area contributed by atoms with Crippen LogP contribution in [0.3, 0.4) is 0 Å². The summed E-state index contributed by atoms with van der Waals surface area (Å²) < 4.78 is 28.6. The Hall–Kier alpha value is -3.92. The Morgan fingerprint density at radius 3 is 2.35 bits per heavy atom. The fraction of sp³-hybridized carbons (Fsp3) is 0.167. The molecular formula is C24H20F2N4O3S. The van der Waals surface area contributed by atoms with E-state index >= 15 is 0 Å². The molecule has 34 heavy (non-hydrogen) atoms. The van der Waals surface area contributed by atoms with Gasteiger partial charge in [-0.2, -0.15) is 0 Å². The first-order chi connectivity index (χ1) is 16.2. The van der Waals surface area contributed by atoms with E-state index in [9.17, 15) is 23.2 Å². The maximum atomic E-state index is 13.7. The molecule has 0 unspecified atom stereocenters. The summed E-state index contributed by atoms with van der Waals surface area (Å²) >= 11 is 1.37. The molecule has 7 nitrogen and oxygen atoms in total. The molecule has 0 aliphatic heterocycles. The molecule has 0 bridgehead atoms. The molecule has 2 N–H and O–H groups in total. The maximum absolute atomic E-state index is 13.7. The fourth-order valence-corrected chi connectivity index (χ4v) is 4.36. The van der Waals surface area contributed by atoms with E-state index in [-0.39, 0.29) is 29.9 Å². The van der Waals surface area contributed by atoms with Crippen molar-refractivity contribution in [2.45, 2.75) is 26.8 Å². The van der Waals surface area contributed by atoms with Crippen molar-refractivity contribution in [3.63, 3.8) is 0 Å². The van der Waals surface area contributed by atoms with Gasteiger partial charge in [0.05, 0.1) is 23.1 Å². The van der Waals surface area contributed by atoms with E-state index in [0.717, 1.165) is 28.8 Å². The zero-order chi connectivity index (χ0) is 24.4. The molecule has 0 spiro atoms. The van der Waals surface area contributed by atoms with Crippen molar-refractivity contribution in [3.8, 4) is 11.1 Å². The van der Waals surface area contributed by atoms with Crippen molar-refractivity contribution in [2.24, 2.45) is 0 Å². The molecule has 2 heterocycles. The van der Waals surface area contributed by atoms with Gasteiger partial charge < -0.3 is 10.6 Å². The van der Waals surface area contributed by atoms with Gasteiger partial charge in [-0.3, -0.25) is 19.0 Å². The summed E-state index contributed by atoms with van der Waals surface area (Å²) in [6.07, 6.45) is 1.25. The van der Waals surface area contributed by atoms with Crippen molar-refractivity contribution < 1.29 is 18.4 Å². The summed E-state index contributed by atoms with van der Waals surface area (Å²) in [6, 6.07) is 9.39. The van der Waals surface area contributed by atoms with E-state index in [4.69, 9.17) is 0 Å². The molecule has 0 fully saturated rings. The Bertz CT molecular complexity index is 1460. The molecular weight excluding hydrogens is 462 g/mol. The van der Waals surface area contributed by atoms with Crippen molar-refractivity contribution in [1.82, 2.24) is 9.55 Å². The van der Waals surface area contributed by atoms with Gasteiger partial charge in [-0.15, -0.1) is 11.3 Å². The molecule has 174 valence electrons. The smallest absolute Gasteiger partial charge is 0.262 e. The third kappa shape index (κ3) is 4.86. The molecule has 0 atom stereocenters. The number of aromatic nitrogens is 2. The van der Waals surface area contributed by atoms with Crippen LogP contribution in [-0.4, -0.2) is 21.4 Å². The van der Waals surface area contributed by atoms with E-state index in [1.807, 2.05) is 36.6 Å². The molecule has 4 rings (SSSR count). The number of benzene rings is 2. The van der Waals surface area contributed by atoms with Crippen LogP contribution in [0.15, 0.2) is 52.9 Å². The highest BCUT2D eigenvalue weighted by atomic mass is 32.1. The predicted octanol–water partition coefficient (Wildman–Crippen LogP) is 4.70. The largest absolute Gasteiger partial charge is 0.324 e. The number of hydrogen-bond donors (Lipinski definition) is 2. The van der Waals surface area contributed by atoms with Gasteiger partial charge in [-0.25, -0.2) is 13.8 Å². The lowest BCUT2D eigenvalue weighted by molar-refractivity contribution is -0.116. The predicted molar refractivity (Wildman–Crippen MR) is 128 cm³/mol. The maximum Gasteiger partial charge on any atom is 0.262 e. The number of rotatable bonds is 6. The van der Waals surface area contributed by atoms with Crippen molar-refractivity contribution in [3.05, 3.63) is 75.7 Å². The van der Waals surface area contributed by atoms with Crippen LogP contribution in [-0.2, 0) is 16.1 Å². The van der Waals surface area contributed by atoms with Gasteiger partial charge in [0.1, 0.15) is 4.83 Å². The van der Waals surface area contributed by atoms with Gasteiger partial charge in [0, 0.05) is 43.0 Å². The molecule has 4 aromatic rings. The third-order valence-electron chi connectivity index (χ3n) is 5.15. The Labute approximate surface area is 197 Å². The van der Waals surface area contributed by atoms with Crippen LogP contribution < -0.4 is 16.2 Å². The lowest BCUT2D eigenvalue weighted by Gasteiger charge is -2.12. The highest BCUT2D eigenvalue weighted by Crippen LogP contribution is 2.31. The van der Waals surface area contributed by atoms with Gasteiger partial charge in [-0.1, -0.05) is 29.8 Å². The molecule has 0 saturated carbocycles. The van der Waals surface area contributed by atoms with E-state index < -0.39 is 23.4 Å². The number of carbonyl (C=O) groups excluding carboxylic acids is 2. The topological polar surface area (TPSA) is 93.1 Å². The van der Waals surface area contributed by atoms with Gasteiger partial charge in [0.2, 0.25) is 11.8 Å². The average molecular weight is 483 g/mol. The number of hydrogen-bond acceptors (Lipinski definition) is 5. The first kappa shape index (κ1) is 23.2. The number of anilines is 2. The zero-order valence-electron chi connectivity index (χ0n) is 18.3. The second-order valence-electron chi connectivity index (χ2n) is 7.73. The van der Waals surface area contributed by atoms with Crippen LogP contribution in [0.1, 0.15) is 18.9 Å². The normalized spacial score (nSPS) is 10.9. The number of amides is 2. The van der Waals surface area contributed by atoms with Crippen LogP contribution in [0.5, 0.6) is 0 Å². The summed E-state index contributed by atoms with van der Waals surface area (Å²) in [5.74, 6) is -3.38. The SMILES string of the molecule is CC(=O)Nc1cc(F)c(F)cc1NC(=O)CCn1cnc2scc(-c3ccc(C)cc3)c2c1=O. The molecule has 2 aromatic heterocycles. The standard InChI is InChI=1S/C24H20F2N4O3S/c1-13-3-5-15(6-4-13)16-11-34-23-22(16)24(33)30(12-27-23)8-7-21(32)29-20-10-18(26)17(25)9-19(20)28-14(2)31/h3-6,9-12H,7-8H2,1-2H3,(H,28,31)(H,29,32). The van der Waals surface area contributed by atoms with Crippen molar-refractivity contribution in [1.29, 1.82) is 0 Å². The number of thiophene rings is 1. The molecule has 0 radical (unpaired) electrons. The first-order valence-electron chi connectivity index (χ1n) is 10.3. The Kier molecular flexibility index (Phi) is 6.51. The Morgan fingerprint density at radius 2 is 1.71 bits per heavy atom. The third-order valence-corrected chi connectivity index (χ3v) is 6.03. The second-order valence-corrected chi connectivity index (χ2v) is 8.59. The number of halogens is 2. The van der Waals surface area contributed by atoms with Crippen LogP contribution in [0, 0.1) is 18.6 Å². The second kappa shape index (κ2) is 9.52. The van der Waals surface area contributed by atoms with Gasteiger partial charge in [0.15, 0.2) is 11.6 Å². The summed E-state index contributed by atoms with van der Waals surface area (Å²) in [6.45, 7) is 3.21. The highest BCUT2D eigenvalue weighted by molar-refractivity contribution is 7.17. The van der Waals surface area contributed by atoms with Crippen molar-refractivity contribution >= 4 is 44.7 Å². The molecule has 0 saturated heterocycles. The number of aryl methyl sites for hydroxylation is 2. The zero-order valence-corrected chi connectivity index (χ0v) is 19.1. The minimum absolute atomic E-state index is 0.0237. The summed E-state index contributed by atoms with van der Waals surface area (Å²) in [4.78, 5) is 41.9. The van der Waals surface area contributed by atoms with Crippen LogP contribution in [0.4, 0.5) is 20.2 Å². The van der Waals surface area contributed by atoms with E-state index in [0.29, 0.717) is 10.2 Å². The number of carbonyl (C=O) groups is 2. The number of fused-ring (bicyclic) bond motifs is 1. The van der Waals surface area contributed by atoms with E-state index in [1.54, 1.807) is 0 Å². The highest BCUT2D eigenvalue weighted by Gasteiger charge is 2.16. The molecule has 0 aliphatic carbocycles. The molecule has 2 amide bonds. The lowest BCUT2D eigenvalue weighted by atomic mass is 10.1. The summed E-state index contributed by atoms with van der Waals surface area (Å²) in [7, 11) is 0. The Morgan fingerprint density at radius 1 is 1.06 bits per heavy atom. The van der Waals surface area contributed by atoms with Gasteiger partial charge in [0.25, 0.3) is 5.56 Å². The molecule has 10 heteroatoms. The van der Waals surface area contributed by atoms with Crippen LogP contribution in [0.2, 0.25) is 0 Å². The summed E-state index contributed by atoms with van der Waals surface area (Å²) in [5, 5.41) is 7.16. The lowest BCUT2D eigenvalue weighted by Crippen LogP contribution is -2.24. The monoisotopic (exact) mass is 482 g/mol. The Balaban J connectivity index is 1.55. The van der Waals surface area contributed by atoms with Crippen LogP contribution >= 0.6 is 11.3 Å². The van der Waals surface area contributed by atoms with Gasteiger partial charge >= 0.3 is 0 Å². The van der Waals surface area contributed by atoms with Gasteiger partial charge in [-0.05, 0) is 12.5 Å². The van der Waals surface area contributed by atoms with Crippen molar-refractivity contribution in [2.75, 3.05) is 10.6 Å². The quantitative estimate of drug-likeness (QED) is 0.417. The summed E-state index contributed by atoms with van der Waals surface area (Å²) in [5.41, 5.74) is 2.35. The number of nitrogens with one attached hydrogen (secondary N) is 2. The minimum Gasteiger partial charge on any atom is -0.324 e. The van der Waals surface area contributed by atoms with E-state index in [2.05, 4.69) is 15.6 Å². The first-order valence-corrected chi connectivity index (χ1v) is 11.2. The van der Waals surface area contributed by atoms with Crippen LogP contribution in [0.25, 0.3) is 21.3 Å².